The molecular weight excluding hydrogens is 317 g/mol. The predicted octanol–water partition coefficient (Wildman–Crippen LogP) is 3.50. The molecule has 0 amide bonds. The Labute approximate surface area is 118 Å². The number of nitrogens with one attached hydrogen (secondary N) is 1. The largest absolute Gasteiger partial charge is 0.726 e. The fourth-order valence-corrected chi connectivity index (χ4v) is 1.84. The van der Waals surface area contributed by atoms with Crippen LogP contribution in [0.15, 0.2) is 40.4 Å². The van der Waals surface area contributed by atoms with E-state index < -0.39 is 53.3 Å². The molecule has 1 aromatic rings. The van der Waals surface area contributed by atoms with Crippen molar-refractivity contribution < 1.29 is 35.5 Å². The molecular formula is C11H4BF6N2O2-. The number of allylic oxidation sites excluding steroid dienone is 3. The van der Waals surface area contributed by atoms with Crippen molar-refractivity contribution in [2.45, 2.75) is 0 Å². The Bertz CT molecular complexity index is 780. The van der Waals surface area contributed by atoms with E-state index in [4.69, 9.17) is 0 Å². The molecule has 0 bridgehead atoms. The Morgan fingerprint density at radius 2 is 1.82 bits per heavy atom. The highest BCUT2D eigenvalue weighted by Gasteiger charge is 2.40. The van der Waals surface area contributed by atoms with E-state index in [0.29, 0.717) is 18.5 Å². The summed E-state index contributed by atoms with van der Waals surface area (Å²) in [6.45, 7) is 0. The van der Waals surface area contributed by atoms with Crippen LogP contribution in [0.5, 0.6) is 0 Å². The van der Waals surface area contributed by atoms with Gasteiger partial charge < -0.3 is 22.9 Å². The second-order valence-corrected chi connectivity index (χ2v) is 4.24. The molecule has 0 spiro atoms. The van der Waals surface area contributed by atoms with Gasteiger partial charge in [-0.05, 0) is 0 Å². The van der Waals surface area contributed by atoms with Gasteiger partial charge in [-0.1, -0.05) is 0 Å². The van der Waals surface area contributed by atoms with Crippen LogP contribution < -0.4 is 0 Å². The second-order valence-electron chi connectivity index (χ2n) is 4.24. The molecule has 116 valence electrons. The summed E-state index contributed by atoms with van der Waals surface area (Å²) >= 11 is 0. The first-order chi connectivity index (χ1) is 10.3. The van der Waals surface area contributed by atoms with Crippen molar-refractivity contribution >= 4 is 19.1 Å². The Morgan fingerprint density at radius 3 is 2.36 bits per heavy atom. The summed E-state index contributed by atoms with van der Waals surface area (Å²) in [5, 5.41) is 0. The van der Waals surface area contributed by atoms with Crippen LogP contribution in [0.4, 0.5) is 26.2 Å². The van der Waals surface area contributed by atoms with Crippen LogP contribution in [0.25, 0.3) is 5.76 Å². The summed E-state index contributed by atoms with van der Waals surface area (Å²) in [5.74, 6) is -7.40. The van der Waals surface area contributed by atoms with E-state index in [9.17, 15) is 26.2 Å². The van der Waals surface area contributed by atoms with Gasteiger partial charge in [0.15, 0.2) is 23.3 Å². The average molecular weight is 321 g/mol. The third-order valence-electron chi connectivity index (χ3n) is 2.77. The number of aromatic amines is 1. The first kappa shape index (κ1) is 14.4. The van der Waals surface area contributed by atoms with Crippen LogP contribution in [-0.2, 0) is 9.31 Å². The molecule has 11 heteroatoms. The van der Waals surface area contributed by atoms with Crippen molar-refractivity contribution in [3.8, 4) is 0 Å². The molecule has 1 N–H and O–H groups in total. The average Bonchev–Trinajstić information content (AvgIpc) is 2.93. The summed E-state index contributed by atoms with van der Waals surface area (Å²) < 4.78 is 87.8. The summed E-state index contributed by atoms with van der Waals surface area (Å²) in [5.41, 5.74) is -1.57. The van der Waals surface area contributed by atoms with Gasteiger partial charge in [0, 0.05) is 12.3 Å². The highest BCUT2D eigenvalue weighted by atomic mass is 19.3. The van der Waals surface area contributed by atoms with Crippen molar-refractivity contribution in [3.05, 3.63) is 52.7 Å². The number of nitrogens with zero attached hydrogens (tertiary/aromatic N) is 1. The van der Waals surface area contributed by atoms with Crippen molar-refractivity contribution in [1.82, 2.24) is 4.98 Å². The number of aromatic nitrogens is 1. The third kappa shape index (κ3) is 2.28. The van der Waals surface area contributed by atoms with E-state index >= 15 is 0 Å². The fraction of sp³-hybridized carbons (Fsp3) is 0. The predicted molar refractivity (Wildman–Crippen MR) is 63.6 cm³/mol. The minimum absolute atomic E-state index is 0.462. The van der Waals surface area contributed by atoms with Crippen LogP contribution >= 0.6 is 0 Å². The standard InChI is InChI=1S/C11H4BF6N2O2/c13-4-2-19-10(8(4)15)6-1-7(22-12(17,18)21-6)11-9(16)5(14)3-20-11/h1-3,19H/q-1/b11-7-. The van der Waals surface area contributed by atoms with Crippen LogP contribution in [0, 0.1) is 11.6 Å². The first-order valence-electron chi connectivity index (χ1n) is 5.75. The molecule has 3 rings (SSSR count). The molecule has 1 aromatic heterocycles. The topological polar surface area (TPSA) is 46.6 Å². The molecule has 0 atom stereocenters. The number of rotatable bonds is 1. The molecule has 0 saturated heterocycles. The normalized spacial score (nSPS) is 23.5. The van der Waals surface area contributed by atoms with E-state index in [1.54, 1.807) is 0 Å². The number of halogens is 6. The van der Waals surface area contributed by atoms with E-state index in [0.717, 1.165) is 0 Å². The zero-order chi connectivity index (χ0) is 16.1. The molecule has 0 unspecified atom stereocenters. The molecule has 2 aliphatic rings. The van der Waals surface area contributed by atoms with E-state index in [2.05, 4.69) is 14.3 Å². The van der Waals surface area contributed by atoms with Gasteiger partial charge in [0.25, 0.3) is 0 Å². The fourth-order valence-electron chi connectivity index (χ4n) is 1.84. The van der Waals surface area contributed by atoms with Gasteiger partial charge >= 0.3 is 7.11 Å². The Hall–Kier alpha value is -2.59. The Morgan fingerprint density at radius 1 is 1.09 bits per heavy atom. The highest BCUT2D eigenvalue weighted by molar-refractivity contribution is 6.53. The van der Waals surface area contributed by atoms with Crippen molar-refractivity contribution in [2.75, 3.05) is 0 Å². The third-order valence-corrected chi connectivity index (χ3v) is 2.77. The lowest BCUT2D eigenvalue weighted by atomic mass is 10.1. The number of hydrogen-bond acceptors (Lipinski definition) is 3. The monoisotopic (exact) mass is 321 g/mol. The molecule has 0 saturated carbocycles. The Kier molecular flexibility index (Phi) is 3.08. The molecule has 0 aliphatic carbocycles. The molecule has 22 heavy (non-hydrogen) atoms. The molecule has 0 radical (unpaired) electrons. The number of aliphatic imine (C=N–C) groups is 1. The van der Waals surface area contributed by atoms with Gasteiger partial charge in [-0.2, -0.15) is 0 Å². The molecule has 4 nitrogen and oxygen atoms in total. The zero-order valence-electron chi connectivity index (χ0n) is 10.3. The Balaban J connectivity index is 2.14. The second kappa shape index (κ2) is 4.72. The van der Waals surface area contributed by atoms with Crippen molar-refractivity contribution in [1.29, 1.82) is 0 Å². The highest BCUT2D eigenvalue weighted by Crippen LogP contribution is 2.37. The van der Waals surface area contributed by atoms with Crippen LogP contribution in [0.2, 0.25) is 0 Å². The molecule has 0 aromatic carbocycles. The number of H-pyrrole nitrogens is 1. The zero-order valence-corrected chi connectivity index (χ0v) is 10.3. The molecule has 2 aliphatic heterocycles. The molecule has 3 heterocycles. The summed E-state index contributed by atoms with van der Waals surface area (Å²) in [4.78, 5) is 5.30. The molecule has 0 fully saturated rings. The number of hydrogen-bond donors (Lipinski definition) is 1. The lowest BCUT2D eigenvalue weighted by Crippen LogP contribution is -2.34. The van der Waals surface area contributed by atoms with Gasteiger partial charge in [-0.25, -0.2) is 22.6 Å². The van der Waals surface area contributed by atoms with Crippen molar-refractivity contribution in [2.24, 2.45) is 4.99 Å². The lowest BCUT2D eigenvalue weighted by molar-refractivity contribution is 0.170. The summed E-state index contributed by atoms with van der Waals surface area (Å²) in [6.07, 6.45) is 1.69. The van der Waals surface area contributed by atoms with E-state index in [-0.39, 0.29) is 0 Å². The minimum Gasteiger partial charge on any atom is -0.626 e. The maximum atomic E-state index is 13.4. The van der Waals surface area contributed by atoms with Crippen LogP contribution in [0.1, 0.15) is 5.69 Å². The quantitative estimate of drug-likeness (QED) is 0.636. The maximum Gasteiger partial charge on any atom is 0.726 e. The summed E-state index contributed by atoms with van der Waals surface area (Å²) in [6, 6.07) is 0. The van der Waals surface area contributed by atoms with E-state index in [1.165, 1.54) is 0 Å². The van der Waals surface area contributed by atoms with Gasteiger partial charge in [-0.3, -0.25) is 0 Å². The van der Waals surface area contributed by atoms with Crippen molar-refractivity contribution in [3.63, 3.8) is 0 Å². The summed E-state index contributed by atoms with van der Waals surface area (Å²) in [7, 11) is -5.00. The van der Waals surface area contributed by atoms with Gasteiger partial charge in [0.1, 0.15) is 22.9 Å². The van der Waals surface area contributed by atoms with Crippen LogP contribution in [0.3, 0.4) is 0 Å². The van der Waals surface area contributed by atoms with E-state index in [1.807, 2.05) is 4.98 Å². The van der Waals surface area contributed by atoms with Gasteiger partial charge in [0.2, 0.25) is 0 Å². The van der Waals surface area contributed by atoms with Crippen LogP contribution in [-0.4, -0.2) is 18.3 Å². The van der Waals surface area contributed by atoms with Gasteiger partial charge in [0.05, 0.1) is 6.21 Å². The smallest absolute Gasteiger partial charge is 0.626 e. The lowest BCUT2D eigenvalue weighted by Gasteiger charge is -2.34. The van der Waals surface area contributed by atoms with Gasteiger partial charge in [-0.15, -0.1) is 0 Å². The maximum absolute atomic E-state index is 13.4. The SMILES string of the molecule is FC1=C(F)/C(=C2\C=C(c3[nH]cc(F)c3F)O[B-](F)(F)O2)N=C1. The minimum atomic E-state index is -5.00. The first-order valence-corrected chi connectivity index (χ1v) is 5.75.